The molecule has 20 heavy (non-hydrogen) atoms. The zero-order valence-corrected chi connectivity index (χ0v) is 11.5. The van der Waals surface area contributed by atoms with Gasteiger partial charge in [-0.15, -0.1) is 0 Å². The fourth-order valence-electron chi connectivity index (χ4n) is 2.02. The first-order valence-corrected chi connectivity index (χ1v) is 6.50. The number of H-pyrrole nitrogens is 1. The predicted octanol–water partition coefficient (Wildman–Crippen LogP) is 4.23. The molecule has 100 valence electrons. The zero-order valence-electron chi connectivity index (χ0n) is 10.0. The molecule has 4 nitrogen and oxygen atoms in total. The summed E-state index contributed by atoms with van der Waals surface area (Å²) >= 11 is 12.1. The van der Waals surface area contributed by atoms with E-state index in [-0.39, 0.29) is 5.56 Å². The molecule has 1 heterocycles. The van der Waals surface area contributed by atoms with Crippen molar-refractivity contribution in [2.45, 2.75) is 0 Å². The van der Waals surface area contributed by atoms with Crippen LogP contribution in [0, 0.1) is 0 Å². The summed E-state index contributed by atoms with van der Waals surface area (Å²) in [5, 5.41) is 9.96. The number of aromatic nitrogens is 2. The van der Waals surface area contributed by atoms with Crippen LogP contribution < -0.4 is 0 Å². The van der Waals surface area contributed by atoms with E-state index in [2.05, 4.69) is 9.97 Å². The summed E-state index contributed by atoms with van der Waals surface area (Å²) in [5.74, 6) is -0.535. The Bertz CT molecular complexity index is 827. The highest BCUT2D eigenvalue weighted by Crippen LogP contribution is 2.33. The Balaban J connectivity index is 2.26. The minimum absolute atomic E-state index is 0.142. The number of fused-ring (bicyclic) bond motifs is 1. The topological polar surface area (TPSA) is 66.0 Å². The molecule has 1 aromatic heterocycles. The lowest BCUT2D eigenvalue weighted by atomic mass is 10.2. The third-order valence-corrected chi connectivity index (χ3v) is 3.77. The largest absolute Gasteiger partial charge is 0.478 e. The number of carboxylic acids is 1. The van der Waals surface area contributed by atoms with Crippen molar-refractivity contribution in [3.63, 3.8) is 0 Å². The minimum Gasteiger partial charge on any atom is -0.478 e. The van der Waals surface area contributed by atoms with Gasteiger partial charge in [-0.1, -0.05) is 35.3 Å². The minimum atomic E-state index is -1.02. The molecular formula is C14H8Cl2N2O2. The van der Waals surface area contributed by atoms with E-state index in [9.17, 15) is 4.79 Å². The van der Waals surface area contributed by atoms with Crippen LogP contribution in [0.4, 0.5) is 0 Å². The van der Waals surface area contributed by atoms with Gasteiger partial charge in [0.25, 0.3) is 0 Å². The second kappa shape index (κ2) is 4.81. The van der Waals surface area contributed by atoms with Gasteiger partial charge in [-0.2, -0.15) is 0 Å². The number of benzene rings is 2. The van der Waals surface area contributed by atoms with Gasteiger partial charge >= 0.3 is 5.97 Å². The number of para-hydroxylation sites is 1. The molecule has 0 fully saturated rings. The summed E-state index contributed by atoms with van der Waals surface area (Å²) in [6.45, 7) is 0. The summed E-state index contributed by atoms with van der Waals surface area (Å²) in [6.07, 6.45) is 0. The number of hydrogen-bond acceptors (Lipinski definition) is 2. The van der Waals surface area contributed by atoms with E-state index < -0.39 is 5.97 Å². The molecule has 0 unspecified atom stereocenters. The molecule has 0 bridgehead atoms. The lowest BCUT2D eigenvalue weighted by molar-refractivity contribution is 0.0699. The maximum atomic E-state index is 11.2. The number of aromatic carboxylic acids is 1. The maximum absolute atomic E-state index is 11.2. The number of imidazole rings is 1. The Morgan fingerprint density at radius 2 is 1.90 bits per heavy atom. The Morgan fingerprint density at radius 1 is 1.15 bits per heavy atom. The number of halogens is 2. The Hall–Kier alpha value is -2.04. The highest BCUT2D eigenvalue weighted by molar-refractivity contribution is 6.43. The van der Waals surface area contributed by atoms with Gasteiger partial charge in [0, 0.05) is 5.56 Å². The van der Waals surface area contributed by atoms with E-state index in [1.807, 2.05) is 0 Å². The normalized spacial score (nSPS) is 10.9. The number of rotatable bonds is 2. The average Bonchev–Trinajstić information content (AvgIpc) is 2.84. The third kappa shape index (κ3) is 2.03. The van der Waals surface area contributed by atoms with Crippen molar-refractivity contribution >= 4 is 40.2 Å². The van der Waals surface area contributed by atoms with E-state index in [1.54, 1.807) is 30.3 Å². The maximum Gasteiger partial charge on any atom is 0.337 e. The second-order valence-electron chi connectivity index (χ2n) is 4.19. The lowest BCUT2D eigenvalue weighted by Gasteiger charge is -2.01. The van der Waals surface area contributed by atoms with E-state index in [0.29, 0.717) is 32.5 Å². The van der Waals surface area contributed by atoms with E-state index in [1.165, 1.54) is 6.07 Å². The molecular weight excluding hydrogens is 299 g/mol. The van der Waals surface area contributed by atoms with Crippen LogP contribution in [0.25, 0.3) is 22.4 Å². The number of nitrogens with zero attached hydrogens (tertiary/aromatic N) is 1. The molecule has 0 atom stereocenters. The van der Waals surface area contributed by atoms with Crippen LogP contribution in [-0.4, -0.2) is 21.0 Å². The lowest BCUT2D eigenvalue weighted by Crippen LogP contribution is -1.96. The van der Waals surface area contributed by atoms with Gasteiger partial charge in [0.1, 0.15) is 11.3 Å². The summed E-state index contributed by atoms with van der Waals surface area (Å²) < 4.78 is 0. The highest BCUT2D eigenvalue weighted by Gasteiger charge is 2.15. The number of carboxylic acid groups (broad SMARTS) is 1. The molecule has 0 amide bonds. The fourth-order valence-corrected chi connectivity index (χ4v) is 2.41. The van der Waals surface area contributed by atoms with E-state index in [0.717, 1.165) is 0 Å². The van der Waals surface area contributed by atoms with Gasteiger partial charge in [-0.25, -0.2) is 9.78 Å². The van der Waals surface area contributed by atoms with Crippen molar-refractivity contribution in [2.24, 2.45) is 0 Å². The smallest absolute Gasteiger partial charge is 0.337 e. The first-order valence-electron chi connectivity index (χ1n) is 5.74. The molecule has 0 aliphatic heterocycles. The number of hydrogen-bond donors (Lipinski definition) is 2. The van der Waals surface area contributed by atoms with Crippen LogP contribution in [0.5, 0.6) is 0 Å². The molecule has 6 heteroatoms. The Kier molecular flexibility index (Phi) is 3.12. The van der Waals surface area contributed by atoms with Crippen LogP contribution in [0.3, 0.4) is 0 Å². The molecule has 0 aliphatic rings. The molecule has 0 spiro atoms. The first kappa shape index (κ1) is 13.0. The van der Waals surface area contributed by atoms with Gasteiger partial charge in [0.2, 0.25) is 0 Å². The molecule has 2 aromatic carbocycles. The van der Waals surface area contributed by atoms with Crippen molar-refractivity contribution in [2.75, 3.05) is 0 Å². The summed E-state index contributed by atoms with van der Waals surface area (Å²) in [6, 6.07) is 10.1. The zero-order chi connectivity index (χ0) is 14.3. The predicted molar refractivity (Wildman–Crippen MR) is 78.5 cm³/mol. The van der Waals surface area contributed by atoms with Crippen molar-refractivity contribution in [3.05, 3.63) is 52.0 Å². The van der Waals surface area contributed by atoms with Crippen molar-refractivity contribution in [3.8, 4) is 11.4 Å². The standard InChI is InChI=1S/C14H8Cl2N2O2/c15-9-5-1-3-7(11(9)16)13-17-10-6-2-4-8(14(19)20)12(10)18-13/h1-6H,(H,17,18)(H,19,20). The summed E-state index contributed by atoms with van der Waals surface area (Å²) in [7, 11) is 0. The van der Waals surface area contributed by atoms with E-state index in [4.69, 9.17) is 28.3 Å². The SMILES string of the molecule is O=C(O)c1cccc2[nH]c(-c3cccc(Cl)c3Cl)nc12. The van der Waals surface area contributed by atoms with Crippen LogP contribution in [0.15, 0.2) is 36.4 Å². The van der Waals surface area contributed by atoms with Crippen LogP contribution in [0.1, 0.15) is 10.4 Å². The van der Waals surface area contributed by atoms with Gasteiger partial charge in [0.05, 0.1) is 21.1 Å². The molecule has 0 saturated carbocycles. The molecule has 0 aliphatic carbocycles. The van der Waals surface area contributed by atoms with Gasteiger partial charge in [-0.05, 0) is 24.3 Å². The molecule has 2 N–H and O–H groups in total. The van der Waals surface area contributed by atoms with E-state index >= 15 is 0 Å². The Morgan fingerprint density at radius 3 is 2.65 bits per heavy atom. The number of aromatic amines is 1. The quantitative estimate of drug-likeness (QED) is 0.744. The fraction of sp³-hybridized carbons (Fsp3) is 0. The Labute approximate surface area is 124 Å². The number of nitrogens with one attached hydrogen (secondary N) is 1. The van der Waals surface area contributed by atoms with Crippen LogP contribution >= 0.6 is 23.2 Å². The monoisotopic (exact) mass is 306 g/mol. The van der Waals surface area contributed by atoms with Gasteiger partial charge in [0.15, 0.2) is 0 Å². The van der Waals surface area contributed by atoms with Crippen molar-refractivity contribution in [1.82, 2.24) is 9.97 Å². The third-order valence-electron chi connectivity index (χ3n) is 2.95. The van der Waals surface area contributed by atoms with Gasteiger partial charge < -0.3 is 10.1 Å². The van der Waals surface area contributed by atoms with Crippen molar-refractivity contribution < 1.29 is 9.90 Å². The van der Waals surface area contributed by atoms with Gasteiger partial charge in [-0.3, -0.25) is 0 Å². The van der Waals surface area contributed by atoms with Crippen LogP contribution in [0.2, 0.25) is 10.0 Å². The first-order chi connectivity index (χ1) is 9.58. The molecule has 0 radical (unpaired) electrons. The molecule has 3 rings (SSSR count). The summed E-state index contributed by atoms with van der Waals surface area (Å²) in [5.41, 5.74) is 1.80. The highest BCUT2D eigenvalue weighted by atomic mass is 35.5. The summed E-state index contributed by atoms with van der Waals surface area (Å²) in [4.78, 5) is 18.6. The average molecular weight is 307 g/mol. The molecule has 0 saturated heterocycles. The van der Waals surface area contributed by atoms with Crippen LogP contribution in [-0.2, 0) is 0 Å². The molecule has 3 aromatic rings. The second-order valence-corrected chi connectivity index (χ2v) is 4.98. The van der Waals surface area contributed by atoms with Crippen molar-refractivity contribution in [1.29, 1.82) is 0 Å². The number of carbonyl (C=O) groups is 1.